The maximum atomic E-state index is 6.32. The van der Waals surface area contributed by atoms with Gasteiger partial charge in [-0.1, -0.05) is 148 Å². The highest BCUT2D eigenvalue weighted by Crippen LogP contribution is 2.42. The fourth-order valence-corrected chi connectivity index (χ4v) is 8.35. The standard InChI is InChI=1S/C49H28N4O2.C3H8/c1-2-12-30(13-3-1)47-50-48(32-21-24-37-35-15-6-8-19-41(35)55-44(37)28-32)52-49(51-47)53-40-25-22-29-11-4-5-14-33(29)45(40)38-18-10-17-34(46(38)53)31-23-26-43-39(27-31)36-16-7-9-20-42(36)54-43;1-3-2/h1-28H;3H2,1-2H3. The Morgan fingerprint density at radius 2 is 1.03 bits per heavy atom. The van der Waals surface area contributed by atoms with Crippen LogP contribution in [0.2, 0.25) is 0 Å². The SMILES string of the molecule is CCC.c1ccc(-c2nc(-c3ccc4c(c3)oc3ccccc34)nc(-n3c4ccc5ccccc5c4c4cccc(-c5ccc6oc7ccccc7c6c5)c43)n2)cc1. The van der Waals surface area contributed by atoms with Crippen LogP contribution in [0.5, 0.6) is 0 Å². The van der Waals surface area contributed by atoms with Gasteiger partial charge in [0.05, 0.1) is 11.0 Å². The second-order valence-electron chi connectivity index (χ2n) is 14.7. The molecule has 0 aliphatic rings. The zero-order valence-electron chi connectivity index (χ0n) is 32.0. The Labute approximate surface area is 333 Å². The highest BCUT2D eigenvalue weighted by molar-refractivity contribution is 6.23. The van der Waals surface area contributed by atoms with Gasteiger partial charge >= 0.3 is 0 Å². The van der Waals surface area contributed by atoms with E-state index in [4.69, 9.17) is 23.8 Å². The first-order valence-corrected chi connectivity index (χ1v) is 19.8. The molecular weight excluding hydrogens is 713 g/mol. The molecule has 58 heavy (non-hydrogen) atoms. The van der Waals surface area contributed by atoms with Gasteiger partial charge in [-0.2, -0.15) is 9.97 Å². The number of hydrogen-bond donors (Lipinski definition) is 0. The van der Waals surface area contributed by atoms with Crippen molar-refractivity contribution in [1.29, 1.82) is 0 Å². The van der Waals surface area contributed by atoms with Gasteiger partial charge in [0.2, 0.25) is 5.95 Å². The summed E-state index contributed by atoms with van der Waals surface area (Å²) >= 11 is 0. The van der Waals surface area contributed by atoms with Crippen molar-refractivity contribution < 1.29 is 8.83 Å². The topological polar surface area (TPSA) is 69.9 Å². The molecular formula is C52H36N4O2. The van der Waals surface area contributed by atoms with E-state index < -0.39 is 0 Å². The zero-order chi connectivity index (χ0) is 38.7. The second kappa shape index (κ2) is 13.6. The lowest BCUT2D eigenvalue weighted by Gasteiger charge is -2.13. The van der Waals surface area contributed by atoms with E-state index in [0.29, 0.717) is 17.6 Å². The smallest absolute Gasteiger partial charge is 0.238 e. The van der Waals surface area contributed by atoms with Crippen molar-refractivity contribution in [2.75, 3.05) is 0 Å². The molecule has 0 saturated carbocycles. The van der Waals surface area contributed by atoms with E-state index in [1.54, 1.807) is 0 Å². The van der Waals surface area contributed by atoms with Crippen LogP contribution in [0.3, 0.4) is 0 Å². The first-order valence-electron chi connectivity index (χ1n) is 19.8. The molecule has 0 aliphatic carbocycles. The van der Waals surface area contributed by atoms with Crippen LogP contribution in [0.1, 0.15) is 20.3 Å². The normalized spacial score (nSPS) is 11.7. The molecule has 0 N–H and O–H groups in total. The van der Waals surface area contributed by atoms with Crippen LogP contribution in [0, 0.1) is 0 Å². The van der Waals surface area contributed by atoms with Crippen LogP contribution in [0.25, 0.3) is 116 Å². The zero-order valence-corrected chi connectivity index (χ0v) is 32.0. The first-order chi connectivity index (χ1) is 28.7. The van der Waals surface area contributed by atoms with Crippen molar-refractivity contribution in [3.8, 4) is 39.9 Å². The van der Waals surface area contributed by atoms with E-state index in [9.17, 15) is 0 Å². The predicted molar refractivity (Wildman–Crippen MR) is 239 cm³/mol. The number of rotatable bonds is 4. The van der Waals surface area contributed by atoms with Crippen molar-refractivity contribution in [2.45, 2.75) is 20.3 Å². The molecule has 0 bridgehead atoms. The van der Waals surface area contributed by atoms with Crippen molar-refractivity contribution >= 4 is 76.5 Å². The molecule has 8 aromatic carbocycles. The Balaban J connectivity index is 0.00000125. The maximum Gasteiger partial charge on any atom is 0.238 e. The number of hydrogen-bond acceptors (Lipinski definition) is 5. The van der Waals surface area contributed by atoms with Gasteiger partial charge < -0.3 is 8.83 Å². The Hall–Kier alpha value is -7.57. The molecule has 6 nitrogen and oxygen atoms in total. The van der Waals surface area contributed by atoms with E-state index in [-0.39, 0.29) is 0 Å². The average molecular weight is 749 g/mol. The lowest BCUT2D eigenvalue weighted by atomic mass is 9.98. The molecule has 12 aromatic rings. The minimum Gasteiger partial charge on any atom is -0.456 e. The summed E-state index contributed by atoms with van der Waals surface area (Å²) in [6.45, 7) is 4.25. The van der Waals surface area contributed by atoms with Gasteiger partial charge in [-0.25, -0.2) is 4.98 Å². The lowest BCUT2D eigenvalue weighted by Crippen LogP contribution is -2.07. The van der Waals surface area contributed by atoms with Crippen molar-refractivity contribution in [2.24, 2.45) is 0 Å². The van der Waals surface area contributed by atoms with Gasteiger partial charge in [0.1, 0.15) is 22.3 Å². The van der Waals surface area contributed by atoms with E-state index in [0.717, 1.165) is 87.9 Å². The third kappa shape index (κ3) is 5.37. The minimum atomic E-state index is 0.533. The summed E-state index contributed by atoms with van der Waals surface area (Å²) in [6, 6.07) is 58.6. The van der Waals surface area contributed by atoms with Crippen LogP contribution in [-0.2, 0) is 0 Å². The molecule has 0 saturated heterocycles. The summed E-state index contributed by atoms with van der Waals surface area (Å²) in [5.74, 6) is 1.68. The molecule has 0 fully saturated rings. The molecule has 0 unspecified atom stereocenters. The Bertz CT molecular complexity index is 3520. The van der Waals surface area contributed by atoms with E-state index >= 15 is 0 Å². The molecule has 0 amide bonds. The van der Waals surface area contributed by atoms with Crippen LogP contribution >= 0.6 is 0 Å². The lowest BCUT2D eigenvalue weighted by molar-refractivity contribution is 0.668. The number of furan rings is 2. The van der Waals surface area contributed by atoms with Gasteiger partial charge in [0.15, 0.2) is 11.6 Å². The van der Waals surface area contributed by atoms with Crippen LogP contribution < -0.4 is 0 Å². The van der Waals surface area contributed by atoms with Gasteiger partial charge in [0, 0.05) is 49.0 Å². The van der Waals surface area contributed by atoms with Crippen molar-refractivity contribution in [1.82, 2.24) is 19.5 Å². The molecule has 0 aliphatic heterocycles. The van der Waals surface area contributed by atoms with Gasteiger partial charge in [0.25, 0.3) is 0 Å². The number of benzene rings is 8. The quantitative estimate of drug-likeness (QED) is 0.179. The predicted octanol–water partition coefficient (Wildman–Crippen LogP) is 14.3. The summed E-state index contributed by atoms with van der Waals surface area (Å²) in [5, 5.41) is 8.92. The van der Waals surface area contributed by atoms with Gasteiger partial charge in [-0.3, -0.25) is 4.57 Å². The summed E-state index contributed by atoms with van der Waals surface area (Å²) in [6.07, 6.45) is 1.25. The molecule has 0 radical (unpaired) electrons. The minimum absolute atomic E-state index is 0.533. The molecule has 4 aromatic heterocycles. The van der Waals surface area contributed by atoms with Crippen molar-refractivity contribution in [3.63, 3.8) is 0 Å². The van der Waals surface area contributed by atoms with Gasteiger partial charge in [-0.15, -0.1) is 0 Å². The number of para-hydroxylation sites is 3. The average Bonchev–Trinajstić information content (AvgIpc) is 3.96. The summed E-state index contributed by atoms with van der Waals surface area (Å²) in [7, 11) is 0. The number of nitrogens with zero attached hydrogens (tertiary/aromatic N) is 4. The highest BCUT2D eigenvalue weighted by Gasteiger charge is 2.23. The van der Waals surface area contributed by atoms with E-state index in [1.165, 1.54) is 17.2 Å². The molecule has 0 spiro atoms. The highest BCUT2D eigenvalue weighted by atomic mass is 16.3. The van der Waals surface area contributed by atoms with E-state index in [1.807, 2.05) is 66.7 Å². The largest absolute Gasteiger partial charge is 0.456 e. The van der Waals surface area contributed by atoms with Crippen LogP contribution in [0.15, 0.2) is 179 Å². The third-order valence-corrected chi connectivity index (χ3v) is 10.9. The molecule has 6 heteroatoms. The number of aromatic nitrogens is 4. The number of fused-ring (bicyclic) bond motifs is 11. The monoisotopic (exact) mass is 748 g/mol. The molecule has 0 atom stereocenters. The van der Waals surface area contributed by atoms with Crippen molar-refractivity contribution in [3.05, 3.63) is 170 Å². The Morgan fingerprint density at radius 1 is 0.431 bits per heavy atom. The summed E-state index contributed by atoms with van der Waals surface area (Å²) in [4.78, 5) is 15.7. The Kier molecular flexibility index (Phi) is 7.89. The second-order valence-corrected chi connectivity index (χ2v) is 14.7. The maximum absolute atomic E-state index is 6.32. The summed E-state index contributed by atoms with van der Waals surface area (Å²) < 4.78 is 14.8. The van der Waals surface area contributed by atoms with Crippen LogP contribution in [0.4, 0.5) is 0 Å². The fraction of sp³-hybridized carbons (Fsp3) is 0.0577. The molecule has 4 heterocycles. The third-order valence-electron chi connectivity index (χ3n) is 10.9. The van der Waals surface area contributed by atoms with E-state index in [2.05, 4.69) is 122 Å². The van der Waals surface area contributed by atoms with Crippen LogP contribution in [-0.4, -0.2) is 19.5 Å². The summed E-state index contributed by atoms with van der Waals surface area (Å²) in [5.41, 5.74) is 9.29. The molecule has 12 rings (SSSR count). The fourth-order valence-electron chi connectivity index (χ4n) is 8.35. The Morgan fingerprint density at radius 3 is 1.83 bits per heavy atom. The van der Waals surface area contributed by atoms with Gasteiger partial charge in [-0.05, 0) is 58.8 Å². The first kappa shape index (κ1) is 33.7. The molecule has 276 valence electrons.